The first-order valence-electron chi connectivity index (χ1n) is 6.69. The van der Waals surface area contributed by atoms with Gasteiger partial charge in [-0.1, -0.05) is 17.3 Å². The van der Waals surface area contributed by atoms with E-state index in [-0.39, 0.29) is 0 Å². The van der Waals surface area contributed by atoms with Crippen LogP contribution in [0.25, 0.3) is 23.0 Å². The number of pyridine rings is 1. The number of nitrogens with zero attached hydrogens (tertiary/aromatic N) is 3. The Balaban J connectivity index is 2.09. The average Bonchev–Trinajstić information content (AvgIpc) is 2.92. The summed E-state index contributed by atoms with van der Waals surface area (Å²) in [5, 5.41) is 4.02. The molecule has 0 unspecified atom stereocenters. The highest BCUT2D eigenvalue weighted by atomic mass is 16.5. The summed E-state index contributed by atoms with van der Waals surface area (Å²) in [5.41, 5.74) is 11.4. The van der Waals surface area contributed by atoms with E-state index >= 15 is 0 Å². The average molecular weight is 280 g/mol. The van der Waals surface area contributed by atoms with Gasteiger partial charge in [-0.3, -0.25) is 4.98 Å². The van der Waals surface area contributed by atoms with Crippen molar-refractivity contribution in [2.24, 2.45) is 0 Å². The Morgan fingerprint density at radius 1 is 1.10 bits per heavy atom. The molecule has 5 heteroatoms. The van der Waals surface area contributed by atoms with E-state index in [0.717, 1.165) is 27.9 Å². The van der Waals surface area contributed by atoms with Gasteiger partial charge in [0.05, 0.1) is 5.56 Å². The van der Waals surface area contributed by atoms with Gasteiger partial charge in [-0.05, 0) is 49.6 Å². The van der Waals surface area contributed by atoms with E-state index in [1.165, 1.54) is 0 Å². The van der Waals surface area contributed by atoms with Crippen LogP contribution in [0.1, 0.15) is 16.7 Å². The standard InChI is InChI=1S/C16H16N4O/c1-9-7-11(3)13(17)12(8-9)16-19-15(20-21-16)14-10(2)5-4-6-18-14/h4-8H,17H2,1-3H3. The van der Waals surface area contributed by atoms with Crippen molar-refractivity contribution >= 4 is 5.69 Å². The highest BCUT2D eigenvalue weighted by Crippen LogP contribution is 2.30. The van der Waals surface area contributed by atoms with Gasteiger partial charge < -0.3 is 10.3 Å². The third-order valence-electron chi connectivity index (χ3n) is 3.41. The van der Waals surface area contributed by atoms with Crippen LogP contribution in [-0.2, 0) is 0 Å². The van der Waals surface area contributed by atoms with E-state index in [2.05, 4.69) is 15.1 Å². The first-order valence-corrected chi connectivity index (χ1v) is 6.69. The van der Waals surface area contributed by atoms with Crippen LogP contribution in [0, 0.1) is 20.8 Å². The molecular weight excluding hydrogens is 264 g/mol. The molecular formula is C16H16N4O. The number of aryl methyl sites for hydroxylation is 3. The van der Waals surface area contributed by atoms with Crippen LogP contribution < -0.4 is 5.73 Å². The van der Waals surface area contributed by atoms with E-state index in [9.17, 15) is 0 Å². The molecule has 5 nitrogen and oxygen atoms in total. The Kier molecular flexibility index (Phi) is 3.17. The second kappa shape index (κ2) is 5.01. The fourth-order valence-corrected chi connectivity index (χ4v) is 2.30. The van der Waals surface area contributed by atoms with Crippen LogP contribution >= 0.6 is 0 Å². The number of benzene rings is 1. The molecule has 0 radical (unpaired) electrons. The van der Waals surface area contributed by atoms with Gasteiger partial charge in [0.1, 0.15) is 5.69 Å². The van der Waals surface area contributed by atoms with Gasteiger partial charge in [0.2, 0.25) is 5.82 Å². The lowest BCUT2D eigenvalue weighted by Crippen LogP contribution is -1.95. The lowest BCUT2D eigenvalue weighted by molar-refractivity contribution is 0.432. The van der Waals surface area contributed by atoms with E-state index < -0.39 is 0 Å². The zero-order valence-corrected chi connectivity index (χ0v) is 12.2. The molecule has 2 heterocycles. The van der Waals surface area contributed by atoms with Gasteiger partial charge >= 0.3 is 0 Å². The Labute approximate surface area is 122 Å². The van der Waals surface area contributed by atoms with Crippen LogP contribution in [0.2, 0.25) is 0 Å². The largest absolute Gasteiger partial charge is 0.398 e. The first kappa shape index (κ1) is 13.3. The molecule has 0 aliphatic heterocycles. The molecule has 0 saturated carbocycles. The molecule has 3 aromatic rings. The maximum atomic E-state index is 6.12. The molecule has 0 fully saturated rings. The number of nitrogens with two attached hydrogens (primary N) is 1. The molecule has 0 spiro atoms. The molecule has 106 valence electrons. The molecule has 0 amide bonds. The molecule has 21 heavy (non-hydrogen) atoms. The summed E-state index contributed by atoms with van der Waals surface area (Å²) in [7, 11) is 0. The van der Waals surface area contributed by atoms with Crippen LogP contribution in [-0.4, -0.2) is 15.1 Å². The van der Waals surface area contributed by atoms with Crippen molar-refractivity contribution in [2.45, 2.75) is 20.8 Å². The fourth-order valence-electron chi connectivity index (χ4n) is 2.30. The molecule has 0 saturated heterocycles. The molecule has 2 N–H and O–H groups in total. The Hall–Kier alpha value is -2.69. The first-order chi connectivity index (χ1) is 10.1. The fraction of sp³-hybridized carbons (Fsp3) is 0.188. The Morgan fingerprint density at radius 3 is 2.67 bits per heavy atom. The summed E-state index contributed by atoms with van der Waals surface area (Å²) in [5.74, 6) is 0.890. The molecule has 0 bridgehead atoms. The summed E-state index contributed by atoms with van der Waals surface area (Å²) in [6.45, 7) is 5.94. The van der Waals surface area contributed by atoms with Gasteiger partial charge in [0.25, 0.3) is 5.89 Å². The minimum absolute atomic E-state index is 0.416. The van der Waals surface area contributed by atoms with E-state index in [4.69, 9.17) is 10.3 Å². The van der Waals surface area contributed by atoms with Gasteiger partial charge in [-0.15, -0.1) is 0 Å². The van der Waals surface area contributed by atoms with Crippen molar-refractivity contribution in [1.29, 1.82) is 0 Å². The van der Waals surface area contributed by atoms with E-state index in [1.54, 1.807) is 6.20 Å². The highest BCUT2D eigenvalue weighted by molar-refractivity contribution is 5.75. The topological polar surface area (TPSA) is 77.8 Å². The van der Waals surface area contributed by atoms with Crippen molar-refractivity contribution in [3.8, 4) is 23.0 Å². The third-order valence-corrected chi connectivity index (χ3v) is 3.41. The Bertz CT molecular complexity index is 808. The molecule has 0 atom stereocenters. The van der Waals surface area contributed by atoms with Crippen molar-refractivity contribution in [3.63, 3.8) is 0 Å². The molecule has 0 aliphatic carbocycles. The minimum Gasteiger partial charge on any atom is -0.398 e. The number of aromatic nitrogens is 3. The van der Waals surface area contributed by atoms with Crippen LogP contribution in [0.5, 0.6) is 0 Å². The molecule has 2 aromatic heterocycles. The summed E-state index contributed by atoms with van der Waals surface area (Å²) < 4.78 is 5.37. The summed E-state index contributed by atoms with van der Waals surface area (Å²) in [6.07, 6.45) is 1.71. The van der Waals surface area contributed by atoms with Crippen molar-refractivity contribution in [3.05, 3.63) is 47.2 Å². The smallest absolute Gasteiger partial charge is 0.260 e. The van der Waals surface area contributed by atoms with Gasteiger partial charge in [0.15, 0.2) is 0 Å². The summed E-state index contributed by atoms with van der Waals surface area (Å²) in [4.78, 5) is 8.73. The number of hydrogen-bond donors (Lipinski definition) is 1. The van der Waals surface area contributed by atoms with Crippen LogP contribution in [0.3, 0.4) is 0 Å². The van der Waals surface area contributed by atoms with Gasteiger partial charge in [-0.2, -0.15) is 4.98 Å². The van der Waals surface area contributed by atoms with E-state index in [0.29, 0.717) is 17.4 Å². The highest BCUT2D eigenvalue weighted by Gasteiger charge is 2.16. The quantitative estimate of drug-likeness (QED) is 0.729. The van der Waals surface area contributed by atoms with E-state index in [1.807, 2.05) is 45.0 Å². The normalized spacial score (nSPS) is 10.8. The lowest BCUT2D eigenvalue weighted by atomic mass is 10.0. The molecule has 0 aliphatic rings. The second-order valence-corrected chi connectivity index (χ2v) is 5.14. The number of rotatable bonds is 2. The Morgan fingerprint density at radius 2 is 1.90 bits per heavy atom. The predicted molar refractivity (Wildman–Crippen MR) is 81.6 cm³/mol. The van der Waals surface area contributed by atoms with Gasteiger partial charge in [0, 0.05) is 11.9 Å². The summed E-state index contributed by atoms with van der Waals surface area (Å²) in [6, 6.07) is 7.81. The van der Waals surface area contributed by atoms with Crippen LogP contribution in [0.15, 0.2) is 35.0 Å². The maximum absolute atomic E-state index is 6.12. The maximum Gasteiger partial charge on any atom is 0.260 e. The lowest BCUT2D eigenvalue weighted by Gasteiger charge is -2.06. The van der Waals surface area contributed by atoms with Crippen molar-refractivity contribution < 1.29 is 4.52 Å². The SMILES string of the molecule is Cc1cc(C)c(N)c(-c2nc(-c3ncccc3C)no2)c1. The van der Waals surface area contributed by atoms with Crippen molar-refractivity contribution in [2.75, 3.05) is 5.73 Å². The summed E-state index contributed by atoms with van der Waals surface area (Å²) >= 11 is 0. The number of anilines is 1. The number of hydrogen-bond acceptors (Lipinski definition) is 5. The molecule has 3 rings (SSSR count). The van der Waals surface area contributed by atoms with Gasteiger partial charge in [-0.25, -0.2) is 0 Å². The second-order valence-electron chi connectivity index (χ2n) is 5.14. The molecule has 1 aromatic carbocycles. The van der Waals surface area contributed by atoms with Crippen LogP contribution in [0.4, 0.5) is 5.69 Å². The minimum atomic E-state index is 0.416. The number of nitrogen functional groups attached to an aromatic ring is 1. The third kappa shape index (κ3) is 2.38. The monoisotopic (exact) mass is 280 g/mol. The zero-order chi connectivity index (χ0) is 15.0. The van der Waals surface area contributed by atoms with Crippen molar-refractivity contribution in [1.82, 2.24) is 15.1 Å². The predicted octanol–water partition coefficient (Wildman–Crippen LogP) is 3.31. The zero-order valence-electron chi connectivity index (χ0n) is 12.2.